The quantitative estimate of drug-likeness (QED) is 0.749. The Labute approximate surface area is 98.6 Å². The standard InChI is InChI=1S/C13H25NO2/c15-11-13(5-2-1-3-6-13)10-14-8-12-4-7-16-9-12/h12,14-15H,1-11H2. The first-order chi connectivity index (χ1) is 7.85. The highest BCUT2D eigenvalue weighted by Crippen LogP contribution is 2.35. The van der Waals surface area contributed by atoms with Crippen molar-refractivity contribution in [3.8, 4) is 0 Å². The molecule has 2 rings (SSSR count). The van der Waals surface area contributed by atoms with Gasteiger partial charge in [0.1, 0.15) is 0 Å². The Hall–Kier alpha value is -0.120. The van der Waals surface area contributed by atoms with E-state index in [4.69, 9.17) is 4.74 Å². The molecule has 1 saturated heterocycles. The van der Waals surface area contributed by atoms with Gasteiger partial charge in [-0.05, 0) is 25.2 Å². The monoisotopic (exact) mass is 227 g/mol. The fourth-order valence-electron chi connectivity index (χ4n) is 2.98. The summed E-state index contributed by atoms with van der Waals surface area (Å²) in [6.07, 6.45) is 7.50. The topological polar surface area (TPSA) is 41.5 Å². The van der Waals surface area contributed by atoms with E-state index < -0.39 is 0 Å². The molecule has 3 heteroatoms. The zero-order chi connectivity index (χ0) is 11.3. The van der Waals surface area contributed by atoms with E-state index in [-0.39, 0.29) is 5.41 Å². The van der Waals surface area contributed by atoms with Crippen molar-refractivity contribution in [1.82, 2.24) is 5.32 Å². The van der Waals surface area contributed by atoms with Gasteiger partial charge in [-0.25, -0.2) is 0 Å². The van der Waals surface area contributed by atoms with Crippen molar-refractivity contribution >= 4 is 0 Å². The van der Waals surface area contributed by atoms with Gasteiger partial charge in [-0.3, -0.25) is 0 Å². The second-order valence-corrected chi connectivity index (χ2v) is 5.58. The first kappa shape index (κ1) is 12.3. The van der Waals surface area contributed by atoms with Crippen molar-refractivity contribution < 1.29 is 9.84 Å². The maximum Gasteiger partial charge on any atom is 0.0507 e. The van der Waals surface area contributed by atoms with Crippen molar-refractivity contribution in [1.29, 1.82) is 0 Å². The van der Waals surface area contributed by atoms with Crippen molar-refractivity contribution in [3.63, 3.8) is 0 Å². The summed E-state index contributed by atoms with van der Waals surface area (Å²) >= 11 is 0. The number of ether oxygens (including phenoxy) is 1. The van der Waals surface area contributed by atoms with Gasteiger partial charge in [0.2, 0.25) is 0 Å². The third-order valence-corrected chi connectivity index (χ3v) is 4.21. The van der Waals surface area contributed by atoms with Gasteiger partial charge < -0.3 is 15.2 Å². The molecular formula is C13H25NO2. The van der Waals surface area contributed by atoms with E-state index in [1.807, 2.05) is 0 Å². The normalized spacial score (nSPS) is 29.4. The lowest BCUT2D eigenvalue weighted by molar-refractivity contribution is 0.0800. The fourth-order valence-corrected chi connectivity index (χ4v) is 2.98. The maximum absolute atomic E-state index is 9.57. The van der Waals surface area contributed by atoms with Gasteiger partial charge in [-0.2, -0.15) is 0 Å². The first-order valence-corrected chi connectivity index (χ1v) is 6.74. The van der Waals surface area contributed by atoms with E-state index in [1.165, 1.54) is 38.5 Å². The molecule has 94 valence electrons. The summed E-state index contributed by atoms with van der Waals surface area (Å²) in [6, 6.07) is 0. The van der Waals surface area contributed by atoms with Crippen LogP contribution >= 0.6 is 0 Å². The summed E-state index contributed by atoms with van der Waals surface area (Å²) in [4.78, 5) is 0. The van der Waals surface area contributed by atoms with E-state index in [0.29, 0.717) is 12.5 Å². The largest absolute Gasteiger partial charge is 0.396 e. The molecule has 0 bridgehead atoms. The van der Waals surface area contributed by atoms with E-state index in [0.717, 1.165) is 26.3 Å². The summed E-state index contributed by atoms with van der Waals surface area (Å²) in [5.41, 5.74) is 0.178. The maximum atomic E-state index is 9.57. The summed E-state index contributed by atoms with van der Waals surface area (Å²) < 4.78 is 5.36. The summed E-state index contributed by atoms with van der Waals surface area (Å²) in [6.45, 7) is 4.24. The summed E-state index contributed by atoms with van der Waals surface area (Å²) in [7, 11) is 0. The molecule has 0 aromatic heterocycles. The van der Waals surface area contributed by atoms with Gasteiger partial charge in [0.25, 0.3) is 0 Å². The van der Waals surface area contributed by atoms with E-state index >= 15 is 0 Å². The fraction of sp³-hybridized carbons (Fsp3) is 1.00. The Morgan fingerprint density at radius 3 is 2.69 bits per heavy atom. The van der Waals surface area contributed by atoms with Crippen LogP contribution in [0, 0.1) is 11.3 Å². The molecule has 0 spiro atoms. The highest BCUT2D eigenvalue weighted by Gasteiger charge is 2.31. The number of aliphatic hydroxyl groups excluding tert-OH is 1. The van der Waals surface area contributed by atoms with Gasteiger partial charge in [-0.15, -0.1) is 0 Å². The van der Waals surface area contributed by atoms with Gasteiger partial charge in [-0.1, -0.05) is 19.3 Å². The number of nitrogens with one attached hydrogen (secondary N) is 1. The van der Waals surface area contributed by atoms with Crippen LogP contribution in [-0.4, -0.2) is 38.0 Å². The molecule has 1 atom stereocenters. The SMILES string of the molecule is OCC1(CNCC2CCOC2)CCCCC1. The second kappa shape index (κ2) is 5.99. The zero-order valence-electron chi connectivity index (χ0n) is 10.2. The van der Waals surface area contributed by atoms with Gasteiger partial charge in [0.15, 0.2) is 0 Å². The lowest BCUT2D eigenvalue weighted by atomic mass is 9.74. The van der Waals surface area contributed by atoms with Gasteiger partial charge in [0.05, 0.1) is 6.61 Å². The minimum absolute atomic E-state index is 0.178. The number of aliphatic hydroxyl groups is 1. The highest BCUT2D eigenvalue weighted by atomic mass is 16.5. The minimum Gasteiger partial charge on any atom is -0.396 e. The Morgan fingerprint density at radius 2 is 2.06 bits per heavy atom. The minimum atomic E-state index is 0.178. The van der Waals surface area contributed by atoms with E-state index in [2.05, 4.69) is 5.32 Å². The van der Waals surface area contributed by atoms with Crippen LogP contribution in [0.5, 0.6) is 0 Å². The van der Waals surface area contributed by atoms with Crippen LogP contribution in [0.25, 0.3) is 0 Å². The molecule has 16 heavy (non-hydrogen) atoms. The van der Waals surface area contributed by atoms with Crippen LogP contribution in [0.4, 0.5) is 0 Å². The van der Waals surface area contributed by atoms with Crippen molar-refractivity contribution in [3.05, 3.63) is 0 Å². The number of hydrogen-bond acceptors (Lipinski definition) is 3. The van der Waals surface area contributed by atoms with Gasteiger partial charge >= 0.3 is 0 Å². The third kappa shape index (κ3) is 3.19. The smallest absolute Gasteiger partial charge is 0.0507 e. The third-order valence-electron chi connectivity index (χ3n) is 4.21. The predicted octanol–water partition coefficient (Wildman–Crippen LogP) is 1.56. The van der Waals surface area contributed by atoms with E-state index in [1.54, 1.807) is 0 Å². The second-order valence-electron chi connectivity index (χ2n) is 5.58. The van der Waals surface area contributed by atoms with Crippen molar-refractivity contribution in [2.75, 3.05) is 32.9 Å². The molecule has 0 aromatic rings. The molecule has 3 nitrogen and oxygen atoms in total. The molecule has 1 saturated carbocycles. The molecule has 1 aliphatic carbocycles. The molecule has 1 heterocycles. The van der Waals surface area contributed by atoms with Crippen LogP contribution in [0.2, 0.25) is 0 Å². The van der Waals surface area contributed by atoms with Crippen molar-refractivity contribution in [2.24, 2.45) is 11.3 Å². The molecular weight excluding hydrogens is 202 g/mol. The molecule has 0 aromatic carbocycles. The lowest BCUT2D eigenvalue weighted by Gasteiger charge is -2.36. The van der Waals surface area contributed by atoms with Crippen LogP contribution in [-0.2, 0) is 4.74 Å². The molecule has 1 aliphatic heterocycles. The Bertz CT molecular complexity index is 196. The van der Waals surface area contributed by atoms with Crippen LogP contribution in [0.1, 0.15) is 38.5 Å². The molecule has 2 aliphatic rings. The predicted molar refractivity (Wildman–Crippen MR) is 64.4 cm³/mol. The highest BCUT2D eigenvalue weighted by molar-refractivity contribution is 4.84. The Morgan fingerprint density at radius 1 is 1.25 bits per heavy atom. The average molecular weight is 227 g/mol. The van der Waals surface area contributed by atoms with Crippen molar-refractivity contribution in [2.45, 2.75) is 38.5 Å². The van der Waals surface area contributed by atoms with Crippen LogP contribution in [0.3, 0.4) is 0 Å². The van der Waals surface area contributed by atoms with Crippen LogP contribution < -0.4 is 5.32 Å². The molecule has 2 fully saturated rings. The molecule has 0 radical (unpaired) electrons. The average Bonchev–Trinajstić information content (AvgIpc) is 2.83. The number of hydrogen-bond donors (Lipinski definition) is 2. The lowest BCUT2D eigenvalue weighted by Crippen LogP contribution is -2.40. The Balaban J connectivity index is 1.69. The number of rotatable bonds is 5. The first-order valence-electron chi connectivity index (χ1n) is 6.74. The zero-order valence-corrected chi connectivity index (χ0v) is 10.2. The molecule has 1 unspecified atom stereocenters. The van der Waals surface area contributed by atoms with Gasteiger partial charge in [0, 0.05) is 31.7 Å². The Kier molecular flexibility index (Phi) is 4.62. The molecule has 0 amide bonds. The van der Waals surface area contributed by atoms with Crippen LogP contribution in [0.15, 0.2) is 0 Å². The van der Waals surface area contributed by atoms with E-state index in [9.17, 15) is 5.11 Å². The molecule has 2 N–H and O–H groups in total. The summed E-state index contributed by atoms with van der Waals surface area (Å²) in [5, 5.41) is 13.1. The summed E-state index contributed by atoms with van der Waals surface area (Å²) in [5.74, 6) is 0.694.